The Balaban J connectivity index is 1.44. The quantitative estimate of drug-likeness (QED) is 0.839. The first kappa shape index (κ1) is 17.0. The van der Waals surface area contributed by atoms with E-state index >= 15 is 0 Å². The molecule has 0 aliphatic carbocycles. The molecule has 2 aliphatic heterocycles. The van der Waals surface area contributed by atoms with Gasteiger partial charge in [0.25, 0.3) is 0 Å². The Morgan fingerprint density at radius 1 is 1.17 bits per heavy atom. The molecule has 2 aliphatic rings. The Morgan fingerprint density at radius 2 is 2.00 bits per heavy atom. The van der Waals surface area contributed by atoms with Crippen LogP contribution in [0.5, 0.6) is 0 Å². The number of piperidine rings is 1. The van der Waals surface area contributed by atoms with Crippen LogP contribution < -0.4 is 0 Å². The Kier molecular flexibility index (Phi) is 6.12. The topological polar surface area (TPSA) is 23.6 Å². The number of likely N-dealkylation sites (tertiary alicyclic amines) is 2. The van der Waals surface area contributed by atoms with Gasteiger partial charge in [-0.2, -0.15) is 0 Å². The third-order valence-corrected chi connectivity index (χ3v) is 6.37. The number of rotatable bonds is 4. The molecule has 0 radical (unpaired) electrons. The maximum Gasteiger partial charge on any atom is 0.227 e. The maximum absolute atomic E-state index is 12.5. The molecule has 0 aromatic carbocycles. The summed E-state index contributed by atoms with van der Waals surface area (Å²) in [4.78, 5) is 18.4. The fourth-order valence-electron chi connectivity index (χ4n) is 3.88. The van der Waals surface area contributed by atoms with E-state index in [1.165, 1.54) is 56.6 Å². The molecule has 3 nitrogen and oxygen atoms in total. The molecular weight excluding hydrogens is 304 g/mol. The first-order valence-corrected chi connectivity index (χ1v) is 10.1. The van der Waals surface area contributed by atoms with E-state index in [9.17, 15) is 4.79 Å². The van der Waals surface area contributed by atoms with Gasteiger partial charge < -0.3 is 9.80 Å². The van der Waals surface area contributed by atoms with Gasteiger partial charge in [0.05, 0.1) is 6.42 Å². The molecule has 3 rings (SSSR count). The van der Waals surface area contributed by atoms with Gasteiger partial charge in [-0.05, 0) is 68.5 Å². The molecule has 1 unspecified atom stereocenters. The summed E-state index contributed by atoms with van der Waals surface area (Å²) in [6.07, 6.45) is 6.95. The fraction of sp³-hybridized carbons (Fsp3) is 0.737. The summed E-state index contributed by atoms with van der Waals surface area (Å²) < 4.78 is 0. The van der Waals surface area contributed by atoms with Gasteiger partial charge in [0.2, 0.25) is 5.91 Å². The highest BCUT2D eigenvalue weighted by Crippen LogP contribution is 2.23. The molecule has 128 valence electrons. The average Bonchev–Trinajstić information content (AvgIpc) is 2.94. The third-order valence-electron chi connectivity index (χ3n) is 5.50. The van der Waals surface area contributed by atoms with Crippen LogP contribution in [0.25, 0.3) is 0 Å². The second-order valence-electron chi connectivity index (χ2n) is 7.42. The molecule has 0 spiro atoms. The van der Waals surface area contributed by atoms with E-state index in [-0.39, 0.29) is 0 Å². The van der Waals surface area contributed by atoms with Crippen LogP contribution in [0.15, 0.2) is 17.5 Å². The number of hydrogen-bond donors (Lipinski definition) is 0. The van der Waals surface area contributed by atoms with Crippen molar-refractivity contribution >= 4 is 17.2 Å². The Bertz CT molecular complexity index is 480. The zero-order chi connectivity index (χ0) is 16.1. The first-order chi connectivity index (χ1) is 11.2. The lowest BCUT2D eigenvalue weighted by atomic mass is 9.95. The van der Waals surface area contributed by atoms with Gasteiger partial charge in [0.1, 0.15) is 0 Å². The predicted molar refractivity (Wildman–Crippen MR) is 96.8 cm³/mol. The summed E-state index contributed by atoms with van der Waals surface area (Å²) in [7, 11) is 0. The van der Waals surface area contributed by atoms with Gasteiger partial charge in [-0.15, -0.1) is 11.3 Å². The third kappa shape index (κ3) is 5.05. The van der Waals surface area contributed by atoms with Crippen LogP contribution in [0.1, 0.15) is 43.9 Å². The van der Waals surface area contributed by atoms with E-state index in [2.05, 4.69) is 28.2 Å². The lowest BCUT2D eigenvalue weighted by Gasteiger charge is -2.32. The van der Waals surface area contributed by atoms with Gasteiger partial charge in [0, 0.05) is 24.5 Å². The maximum atomic E-state index is 12.5. The number of nitrogens with zero attached hydrogens (tertiary/aromatic N) is 2. The summed E-state index contributed by atoms with van der Waals surface area (Å²) in [5.41, 5.74) is 0. The van der Waals surface area contributed by atoms with Gasteiger partial charge >= 0.3 is 0 Å². The van der Waals surface area contributed by atoms with Gasteiger partial charge in [-0.25, -0.2) is 0 Å². The molecule has 1 aromatic rings. The van der Waals surface area contributed by atoms with Crippen molar-refractivity contribution in [1.82, 2.24) is 9.80 Å². The molecule has 4 heteroatoms. The summed E-state index contributed by atoms with van der Waals surface area (Å²) in [6, 6.07) is 4.10. The largest absolute Gasteiger partial charge is 0.342 e. The van der Waals surface area contributed by atoms with Crippen LogP contribution in [0, 0.1) is 11.8 Å². The second-order valence-corrected chi connectivity index (χ2v) is 8.45. The minimum atomic E-state index is 0.319. The van der Waals surface area contributed by atoms with E-state index in [4.69, 9.17) is 0 Å². The van der Waals surface area contributed by atoms with Crippen molar-refractivity contribution in [3.63, 3.8) is 0 Å². The van der Waals surface area contributed by atoms with Crippen molar-refractivity contribution < 1.29 is 4.79 Å². The van der Waals surface area contributed by atoms with Crippen LogP contribution in [0.2, 0.25) is 0 Å². The summed E-state index contributed by atoms with van der Waals surface area (Å²) in [6.45, 7) is 8.09. The van der Waals surface area contributed by atoms with E-state index in [1.807, 2.05) is 6.07 Å². The standard InChI is InChI=1S/C19H30N2OS/c1-16-6-10-20(11-7-16)15-17-4-2-9-21(12-8-17)19(22)14-18-5-3-13-23-18/h3,5,13,16-17H,2,4,6-12,14-15H2,1H3. The summed E-state index contributed by atoms with van der Waals surface area (Å²) in [5, 5.41) is 2.06. The number of thiophene rings is 1. The number of carbonyl (C=O) groups is 1. The molecule has 1 atom stereocenters. The minimum Gasteiger partial charge on any atom is -0.342 e. The molecule has 2 saturated heterocycles. The smallest absolute Gasteiger partial charge is 0.227 e. The van der Waals surface area contributed by atoms with Crippen LogP contribution in [0.3, 0.4) is 0 Å². The molecular formula is C19H30N2OS. The van der Waals surface area contributed by atoms with Gasteiger partial charge in [-0.1, -0.05) is 13.0 Å². The minimum absolute atomic E-state index is 0.319. The van der Waals surface area contributed by atoms with Crippen molar-refractivity contribution in [3.05, 3.63) is 22.4 Å². The Hall–Kier alpha value is -0.870. The highest BCUT2D eigenvalue weighted by atomic mass is 32.1. The van der Waals surface area contributed by atoms with Crippen molar-refractivity contribution in [2.45, 2.75) is 45.4 Å². The normalized spacial score (nSPS) is 24.6. The lowest BCUT2D eigenvalue weighted by Crippen LogP contribution is -2.37. The average molecular weight is 335 g/mol. The molecule has 1 amide bonds. The molecule has 23 heavy (non-hydrogen) atoms. The molecule has 0 saturated carbocycles. The van der Waals surface area contributed by atoms with E-state index in [0.717, 1.165) is 24.9 Å². The Morgan fingerprint density at radius 3 is 2.74 bits per heavy atom. The van der Waals surface area contributed by atoms with E-state index in [0.29, 0.717) is 12.3 Å². The molecule has 1 aromatic heterocycles. The van der Waals surface area contributed by atoms with Crippen molar-refractivity contribution in [2.24, 2.45) is 11.8 Å². The number of carbonyl (C=O) groups excluding carboxylic acids is 1. The molecule has 3 heterocycles. The molecule has 0 N–H and O–H groups in total. The lowest BCUT2D eigenvalue weighted by molar-refractivity contribution is -0.130. The molecule has 2 fully saturated rings. The molecule has 0 bridgehead atoms. The Labute approximate surface area is 144 Å². The van der Waals surface area contributed by atoms with Crippen LogP contribution >= 0.6 is 11.3 Å². The van der Waals surface area contributed by atoms with Gasteiger partial charge in [-0.3, -0.25) is 4.79 Å². The number of amides is 1. The van der Waals surface area contributed by atoms with E-state index in [1.54, 1.807) is 11.3 Å². The number of hydrogen-bond acceptors (Lipinski definition) is 3. The SMILES string of the molecule is CC1CCN(CC2CCCN(C(=O)Cc3cccs3)CC2)CC1. The van der Waals surface area contributed by atoms with Crippen LogP contribution in [-0.2, 0) is 11.2 Å². The highest BCUT2D eigenvalue weighted by Gasteiger charge is 2.24. The second kappa shape index (κ2) is 8.29. The monoisotopic (exact) mass is 334 g/mol. The summed E-state index contributed by atoms with van der Waals surface area (Å²) in [5.74, 6) is 2.01. The van der Waals surface area contributed by atoms with E-state index < -0.39 is 0 Å². The summed E-state index contributed by atoms with van der Waals surface area (Å²) >= 11 is 1.69. The van der Waals surface area contributed by atoms with Crippen molar-refractivity contribution in [1.29, 1.82) is 0 Å². The first-order valence-electron chi connectivity index (χ1n) is 9.23. The zero-order valence-electron chi connectivity index (χ0n) is 14.4. The van der Waals surface area contributed by atoms with Crippen molar-refractivity contribution in [3.8, 4) is 0 Å². The zero-order valence-corrected chi connectivity index (χ0v) is 15.2. The predicted octanol–water partition coefficient (Wildman–Crippen LogP) is 3.65. The fourth-order valence-corrected chi connectivity index (χ4v) is 4.58. The van der Waals surface area contributed by atoms with Crippen molar-refractivity contribution in [2.75, 3.05) is 32.7 Å². The van der Waals surface area contributed by atoms with Crippen LogP contribution in [0.4, 0.5) is 0 Å². The van der Waals surface area contributed by atoms with Gasteiger partial charge in [0.15, 0.2) is 0 Å². The van der Waals surface area contributed by atoms with Crippen LogP contribution in [-0.4, -0.2) is 48.4 Å². The highest BCUT2D eigenvalue weighted by molar-refractivity contribution is 7.10.